The summed E-state index contributed by atoms with van der Waals surface area (Å²) in [6.07, 6.45) is 1.41. The molecule has 7 heteroatoms. The van der Waals surface area contributed by atoms with Gasteiger partial charge in [-0.15, -0.1) is 0 Å². The van der Waals surface area contributed by atoms with Crippen molar-refractivity contribution in [3.8, 4) is 5.75 Å². The molecule has 0 unspecified atom stereocenters. The SMILES string of the molecule is COc1ccc(Cl)cc1C(=O)N1CCC[C@H]1C(=O)N(C)Cc1cccc(Cl)c1. The van der Waals surface area contributed by atoms with Crippen LogP contribution >= 0.6 is 23.2 Å². The largest absolute Gasteiger partial charge is 0.496 e. The number of amides is 2. The second kappa shape index (κ2) is 8.84. The summed E-state index contributed by atoms with van der Waals surface area (Å²) in [5.41, 5.74) is 1.31. The van der Waals surface area contributed by atoms with Gasteiger partial charge in [-0.25, -0.2) is 0 Å². The molecule has 1 heterocycles. The summed E-state index contributed by atoms with van der Waals surface area (Å²) < 4.78 is 5.30. The average Bonchev–Trinajstić information content (AvgIpc) is 3.16. The van der Waals surface area contributed by atoms with Crippen LogP contribution < -0.4 is 4.74 Å². The number of carbonyl (C=O) groups is 2. The predicted octanol–water partition coefficient (Wildman–Crippen LogP) is 4.27. The van der Waals surface area contributed by atoms with Crippen molar-refractivity contribution in [2.75, 3.05) is 20.7 Å². The Labute approximate surface area is 174 Å². The number of hydrogen-bond donors (Lipinski definition) is 0. The Morgan fingerprint density at radius 2 is 1.93 bits per heavy atom. The van der Waals surface area contributed by atoms with Crippen LogP contribution in [-0.4, -0.2) is 48.4 Å². The summed E-state index contributed by atoms with van der Waals surface area (Å²) >= 11 is 12.1. The number of carbonyl (C=O) groups excluding carboxylic acids is 2. The van der Waals surface area contributed by atoms with Gasteiger partial charge in [-0.2, -0.15) is 0 Å². The van der Waals surface area contributed by atoms with E-state index in [1.54, 1.807) is 41.1 Å². The van der Waals surface area contributed by atoms with Crippen molar-refractivity contribution >= 4 is 35.0 Å². The van der Waals surface area contributed by atoms with Gasteiger partial charge >= 0.3 is 0 Å². The first kappa shape index (κ1) is 20.5. The van der Waals surface area contributed by atoms with Crippen molar-refractivity contribution in [3.05, 3.63) is 63.6 Å². The monoisotopic (exact) mass is 420 g/mol. The van der Waals surface area contributed by atoms with Gasteiger partial charge in [0.25, 0.3) is 5.91 Å². The number of rotatable bonds is 5. The Kier molecular flexibility index (Phi) is 6.47. The molecule has 5 nitrogen and oxygen atoms in total. The number of likely N-dealkylation sites (tertiary alicyclic amines) is 1. The third kappa shape index (κ3) is 4.42. The van der Waals surface area contributed by atoms with E-state index in [-0.39, 0.29) is 11.8 Å². The number of benzene rings is 2. The number of halogens is 2. The van der Waals surface area contributed by atoms with Crippen LogP contribution in [0.2, 0.25) is 10.0 Å². The van der Waals surface area contributed by atoms with E-state index in [1.165, 1.54) is 7.11 Å². The summed E-state index contributed by atoms with van der Waals surface area (Å²) in [5.74, 6) is 0.109. The molecule has 0 aromatic heterocycles. The molecule has 1 fully saturated rings. The second-order valence-corrected chi connectivity index (χ2v) is 7.70. The summed E-state index contributed by atoms with van der Waals surface area (Å²) in [4.78, 5) is 29.4. The molecular formula is C21H22Cl2N2O3. The van der Waals surface area contributed by atoms with E-state index in [0.717, 1.165) is 12.0 Å². The van der Waals surface area contributed by atoms with Crippen LogP contribution in [0.5, 0.6) is 5.75 Å². The molecule has 0 aliphatic carbocycles. The van der Waals surface area contributed by atoms with Crippen molar-refractivity contribution in [1.29, 1.82) is 0 Å². The average molecular weight is 421 g/mol. The van der Waals surface area contributed by atoms with Gasteiger partial charge in [0, 0.05) is 30.2 Å². The molecule has 148 valence electrons. The third-order valence-corrected chi connectivity index (χ3v) is 5.35. The molecule has 3 rings (SSSR count). The molecule has 1 saturated heterocycles. The highest BCUT2D eigenvalue weighted by Gasteiger charge is 2.37. The van der Waals surface area contributed by atoms with Crippen molar-refractivity contribution in [2.24, 2.45) is 0 Å². The lowest BCUT2D eigenvalue weighted by atomic mass is 10.1. The van der Waals surface area contributed by atoms with Gasteiger partial charge in [0.2, 0.25) is 5.91 Å². The Bertz CT molecular complexity index is 888. The van der Waals surface area contributed by atoms with E-state index >= 15 is 0 Å². The summed E-state index contributed by atoms with van der Waals surface area (Å²) in [5, 5.41) is 1.08. The lowest BCUT2D eigenvalue weighted by Gasteiger charge is -2.28. The molecule has 0 spiro atoms. The molecule has 2 aromatic rings. The molecule has 2 amide bonds. The fourth-order valence-corrected chi connectivity index (χ4v) is 3.90. The first-order valence-electron chi connectivity index (χ1n) is 9.04. The van der Waals surface area contributed by atoms with Gasteiger partial charge in [0.1, 0.15) is 11.8 Å². The van der Waals surface area contributed by atoms with Gasteiger partial charge in [0.15, 0.2) is 0 Å². The topological polar surface area (TPSA) is 49.9 Å². The molecule has 2 aromatic carbocycles. The molecule has 0 N–H and O–H groups in total. The van der Waals surface area contributed by atoms with Crippen molar-refractivity contribution in [3.63, 3.8) is 0 Å². The van der Waals surface area contributed by atoms with Crippen LogP contribution in [0.15, 0.2) is 42.5 Å². The van der Waals surface area contributed by atoms with Crippen LogP contribution in [0.25, 0.3) is 0 Å². The summed E-state index contributed by atoms with van der Waals surface area (Å²) in [6, 6.07) is 11.8. The Morgan fingerprint density at radius 3 is 2.64 bits per heavy atom. The molecule has 1 atom stereocenters. The molecule has 1 aliphatic heterocycles. The van der Waals surface area contributed by atoms with E-state index < -0.39 is 6.04 Å². The van der Waals surface area contributed by atoms with Gasteiger partial charge in [0.05, 0.1) is 12.7 Å². The standard InChI is InChI=1S/C21H22Cl2N2O3/c1-24(13-14-5-3-6-15(22)11-14)21(27)18-7-4-10-25(18)20(26)17-12-16(23)8-9-19(17)28-2/h3,5-6,8-9,11-12,18H,4,7,10,13H2,1-2H3/t18-/m0/s1. The van der Waals surface area contributed by atoms with Crippen LogP contribution in [0.4, 0.5) is 0 Å². The van der Waals surface area contributed by atoms with Gasteiger partial charge < -0.3 is 14.5 Å². The highest BCUT2D eigenvalue weighted by atomic mass is 35.5. The number of likely N-dealkylation sites (N-methyl/N-ethyl adjacent to an activating group) is 1. The molecule has 1 aliphatic rings. The second-order valence-electron chi connectivity index (χ2n) is 6.83. The fourth-order valence-electron chi connectivity index (χ4n) is 3.51. The van der Waals surface area contributed by atoms with Gasteiger partial charge in [-0.1, -0.05) is 35.3 Å². The zero-order valence-corrected chi connectivity index (χ0v) is 17.3. The third-order valence-electron chi connectivity index (χ3n) is 4.88. The lowest BCUT2D eigenvalue weighted by molar-refractivity contribution is -0.134. The fraction of sp³-hybridized carbons (Fsp3) is 0.333. The zero-order valence-electron chi connectivity index (χ0n) is 15.8. The minimum Gasteiger partial charge on any atom is -0.496 e. The lowest BCUT2D eigenvalue weighted by Crippen LogP contribution is -2.46. The van der Waals surface area contributed by atoms with Crippen LogP contribution in [0.3, 0.4) is 0 Å². The number of hydrogen-bond acceptors (Lipinski definition) is 3. The van der Waals surface area contributed by atoms with Crippen molar-refractivity contribution < 1.29 is 14.3 Å². The quantitative estimate of drug-likeness (QED) is 0.725. The predicted molar refractivity (Wildman–Crippen MR) is 110 cm³/mol. The molecule has 0 saturated carbocycles. The highest BCUT2D eigenvalue weighted by Crippen LogP contribution is 2.28. The maximum atomic E-state index is 13.1. The molecule has 0 bridgehead atoms. The van der Waals surface area contributed by atoms with E-state index in [4.69, 9.17) is 27.9 Å². The smallest absolute Gasteiger partial charge is 0.258 e. The van der Waals surface area contributed by atoms with Crippen LogP contribution in [0, 0.1) is 0 Å². The maximum absolute atomic E-state index is 13.1. The number of ether oxygens (including phenoxy) is 1. The minimum atomic E-state index is -0.500. The zero-order chi connectivity index (χ0) is 20.3. The van der Waals surface area contributed by atoms with Gasteiger partial charge in [-0.05, 0) is 48.7 Å². The normalized spacial score (nSPS) is 16.1. The van der Waals surface area contributed by atoms with E-state index in [0.29, 0.717) is 40.9 Å². The minimum absolute atomic E-state index is 0.0909. The van der Waals surface area contributed by atoms with E-state index in [2.05, 4.69) is 0 Å². The molecular weight excluding hydrogens is 399 g/mol. The van der Waals surface area contributed by atoms with Crippen LogP contribution in [0.1, 0.15) is 28.8 Å². The summed E-state index contributed by atoms with van der Waals surface area (Å²) in [7, 11) is 3.25. The Hall–Kier alpha value is -2.24. The van der Waals surface area contributed by atoms with E-state index in [1.807, 2.05) is 18.2 Å². The number of nitrogens with zero attached hydrogens (tertiary/aromatic N) is 2. The Balaban J connectivity index is 1.77. The molecule has 0 radical (unpaired) electrons. The van der Waals surface area contributed by atoms with Crippen molar-refractivity contribution in [1.82, 2.24) is 9.80 Å². The number of methoxy groups -OCH3 is 1. The molecule has 28 heavy (non-hydrogen) atoms. The Morgan fingerprint density at radius 1 is 1.18 bits per heavy atom. The van der Waals surface area contributed by atoms with Crippen molar-refractivity contribution in [2.45, 2.75) is 25.4 Å². The van der Waals surface area contributed by atoms with Crippen LogP contribution in [-0.2, 0) is 11.3 Å². The van der Waals surface area contributed by atoms with Gasteiger partial charge in [-0.3, -0.25) is 9.59 Å². The summed E-state index contributed by atoms with van der Waals surface area (Å²) in [6.45, 7) is 0.953. The highest BCUT2D eigenvalue weighted by molar-refractivity contribution is 6.31. The van der Waals surface area contributed by atoms with E-state index in [9.17, 15) is 9.59 Å². The first-order chi connectivity index (χ1) is 13.4. The maximum Gasteiger partial charge on any atom is 0.258 e. The first-order valence-corrected chi connectivity index (χ1v) is 9.80.